The molecule has 1 aromatic rings. The molecular formula is C13H17ClN6O. The van der Waals surface area contributed by atoms with E-state index in [1.54, 1.807) is 17.2 Å². The van der Waals surface area contributed by atoms with Crippen molar-refractivity contribution < 1.29 is 4.79 Å². The fraction of sp³-hybridized carbons (Fsp3) is 0.538. The van der Waals surface area contributed by atoms with Gasteiger partial charge in [0.15, 0.2) is 0 Å². The van der Waals surface area contributed by atoms with Crippen LogP contribution < -0.4 is 10.6 Å². The summed E-state index contributed by atoms with van der Waals surface area (Å²) in [6.07, 6.45) is 3.25. The summed E-state index contributed by atoms with van der Waals surface area (Å²) < 4.78 is 0. The number of nitrogens with zero attached hydrogens (tertiary/aromatic N) is 4. The summed E-state index contributed by atoms with van der Waals surface area (Å²) in [7, 11) is 0. The van der Waals surface area contributed by atoms with Crippen LogP contribution in [0.2, 0.25) is 5.15 Å². The van der Waals surface area contributed by atoms with Crippen molar-refractivity contribution in [2.24, 2.45) is 0 Å². The number of rotatable bonds is 6. The van der Waals surface area contributed by atoms with Gasteiger partial charge in [0.1, 0.15) is 11.2 Å². The van der Waals surface area contributed by atoms with Gasteiger partial charge in [0.05, 0.1) is 12.6 Å². The molecule has 1 aliphatic rings. The Morgan fingerprint density at radius 3 is 3.19 bits per heavy atom. The first kappa shape index (κ1) is 15.5. The summed E-state index contributed by atoms with van der Waals surface area (Å²) in [6, 6.07) is 3.50. The van der Waals surface area contributed by atoms with Gasteiger partial charge in [-0.05, 0) is 18.9 Å². The average molecular weight is 309 g/mol. The second-order valence-electron chi connectivity index (χ2n) is 4.68. The first-order valence-electron chi connectivity index (χ1n) is 6.83. The number of amides is 1. The molecule has 1 aliphatic heterocycles. The van der Waals surface area contributed by atoms with Gasteiger partial charge in [-0.1, -0.05) is 11.6 Å². The summed E-state index contributed by atoms with van der Waals surface area (Å²) in [6.45, 7) is 2.07. The van der Waals surface area contributed by atoms with E-state index >= 15 is 0 Å². The number of aromatic nitrogens is 2. The highest BCUT2D eigenvalue weighted by atomic mass is 35.5. The van der Waals surface area contributed by atoms with Crippen LogP contribution in [0.1, 0.15) is 12.8 Å². The van der Waals surface area contributed by atoms with E-state index in [4.69, 9.17) is 16.9 Å². The first-order valence-corrected chi connectivity index (χ1v) is 7.20. The van der Waals surface area contributed by atoms with Crippen LogP contribution in [0.3, 0.4) is 0 Å². The second-order valence-corrected chi connectivity index (χ2v) is 5.07. The Morgan fingerprint density at radius 2 is 2.43 bits per heavy atom. The van der Waals surface area contributed by atoms with Crippen molar-refractivity contribution in [2.75, 3.05) is 31.5 Å². The van der Waals surface area contributed by atoms with Crippen molar-refractivity contribution in [2.45, 2.75) is 18.9 Å². The Kier molecular flexibility index (Phi) is 5.72. The van der Waals surface area contributed by atoms with E-state index in [-0.39, 0.29) is 18.5 Å². The predicted molar refractivity (Wildman–Crippen MR) is 78.7 cm³/mol. The molecular weight excluding hydrogens is 292 g/mol. The van der Waals surface area contributed by atoms with Crippen LogP contribution in [0.25, 0.3) is 0 Å². The van der Waals surface area contributed by atoms with Gasteiger partial charge in [0.25, 0.3) is 0 Å². The molecule has 1 atom stereocenters. The maximum absolute atomic E-state index is 11.9. The van der Waals surface area contributed by atoms with Crippen LogP contribution in [0.15, 0.2) is 12.3 Å². The Bertz CT molecular complexity index is 532. The smallest absolute Gasteiger partial charge is 0.237 e. The molecule has 1 fully saturated rings. The lowest BCUT2D eigenvalue weighted by atomic mass is 10.2. The average Bonchev–Trinajstić information content (AvgIpc) is 2.95. The molecule has 0 spiro atoms. The van der Waals surface area contributed by atoms with Crippen molar-refractivity contribution >= 4 is 23.5 Å². The minimum absolute atomic E-state index is 0.0296. The molecule has 1 saturated heterocycles. The molecule has 7 nitrogen and oxygen atoms in total. The molecule has 1 amide bonds. The van der Waals surface area contributed by atoms with Crippen molar-refractivity contribution in [3.63, 3.8) is 0 Å². The summed E-state index contributed by atoms with van der Waals surface area (Å²) in [5, 5.41) is 15.4. The van der Waals surface area contributed by atoms with Gasteiger partial charge >= 0.3 is 0 Å². The van der Waals surface area contributed by atoms with Crippen molar-refractivity contribution in [1.82, 2.24) is 20.2 Å². The van der Waals surface area contributed by atoms with Gasteiger partial charge in [0, 0.05) is 25.8 Å². The van der Waals surface area contributed by atoms with E-state index in [0.29, 0.717) is 30.7 Å². The molecule has 0 aliphatic carbocycles. The third kappa shape index (κ3) is 4.55. The second kappa shape index (κ2) is 7.76. The summed E-state index contributed by atoms with van der Waals surface area (Å²) in [5.74, 6) is 0.428. The summed E-state index contributed by atoms with van der Waals surface area (Å²) in [4.78, 5) is 21.6. The molecule has 21 heavy (non-hydrogen) atoms. The monoisotopic (exact) mass is 308 g/mol. The first-order chi connectivity index (χ1) is 10.2. The highest BCUT2D eigenvalue weighted by Gasteiger charge is 2.27. The standard InChI is InChI=1S/C13H17ClN6O/c14-11-3-4-17-13(19-11)18-6-5-16-9-12(21)20-7-1-2-10(20)8-15/h3-4,10,16H,1-2,5-7,9H2,(H,17,18,19)/t10-/m0/s1. The lowest BCUT2D eigenvalue weighted by molar-refractivity contribution is -0.130. The maximum Gasteiger partial charge on any atom is 0.237 e. The normalized spacial score (nSPS) is 17.5. The molecule has 2 N–H and O–H groups in total. The maximum atomic E-state index is 11.9. The number of halogens is 1. The summed E-state index contributed by atoms with van der Waals surface area (Å²) >= 11 is 5.74. The van der Waals surface area contributed by atoms with Gasteiger partial charge in [-0.3, -0.25) is 4.79 Å². The Morgan fingerprint density at radius 1 is 1.57 bits per heavy atom. The third-order valence-corrected chi connectivity index (χ3v) is 3.42. The number of carbonyl (C=O) groups excluding carboxylic acids is 1. The number of nitrogens with one attached hydrogen (secondary N) is 2. The Balaban J connectivity index is 1.64. The predicted octanol–water partition coefficient (Wildman–Crippen LogP) is 0.646. The number of carbonyl (C=O) groups is 1. The molecule has 0 radical (unpaired) electrons. The highest BCUT2D eigenvalue weighted by Crippen LogP contribution is 2.15. The molecule has 0 saturated carbocycles. The highest BCUT2D eigenvalue weighted by molar-refractivity contribution is 6.29. The summed E-state index contributed by atoms with van der Waals surface area (Å²) in [5.41, 5.74) is 0. The fourth-order valence-electron chi connectivity index (χ4n) is 2.18. The largest absolute Gasteiger partial charge is 0.353 e. The van der Waals surface area contributed by atoms with Crippen LogP contribution in [-0.2, 0) is 4.79 Å². The zero-order chi connectivity index (χ0) is 15.1. The quantitative estimate of drug-likeness (QED) is 0.592. The number of likely N-dealkylation sites (tertiary alicyclic amines) is 1. The minimum atomic E-state index is -0.266. The zero-order valence-corrected chi connectivity index (χ0v) is 12.3. The lowest BCUT2D eigenvalue weighted by Gasteiger charge is -2.19. The van der Waals surface area contributed by atoms with Gasteiger partial charge in [0.2, 0.25) is 11.9 Å². The van der Waals surface area contributed by atoms with Crippen LogP contribution in [0.4, 0.5) is 5.95 Å². The lowest BCUT2D eigenvalue weighted by Crippen LogP contribution is -2.41. The minimum Gasteiger partial charge on any atom is -0.353 e. The topological polar surface area (TPSA) is 93.9 Å². The SMILES string of the molecule is N#C[C@@H]1CCCN1C(=O)CNCCNc1nccc(Cl)n1. The van der Waals surface area contributed by atoms with Crippen LogP contribution in [0, 0.1) is 11.3 Å². The van der Waals surface area contributed by atoms with Crippen molar-refractivity contribution in [3.8, 4) is 6.07 Å². The molecule has 1 aromatic heterocycles. The number of anilines is 1. The number of hydrogen-bond donors (Lipinski definition) is 2. The van der Waals surface area contributed by atoms with Crippen LogP contribution >= 0.6 is 11.6 Å². The number of hydrogen-bond acceptors (Lipinski definition) is 6. The van der Waals surface area contributed by atoms with E-state index in [2.05, 4.69) is 26.7 Å². The van der Waals surface area contributed by atoms with Gasteiger partial charge in [-0.25, -0.2) is 9.97 Å². The Hall–Kier alpha value is -1.91. The molecule has 0 bridgehead atoms. The fourth-order valence-corrected chi connectivity index (χ4v) is 2.32. The van der Waals surface area contributed by atoms with Crippen molar-refractivity contribution in [3.05, 3.63) is 17.4 Å². The van der Waals surface area contributed by atoms with E-state index in [9.17, 15) is 4.79 Å². The molecule has 0 unspecified atom stereocenters. The molecule has 0 aromatic carbocycles. The van der Waals surface area contributed by atoms with E-state index in [0.717, 1.165) is 12.8 Å². The van der Waals surface area contributed by atoms with Crippen molar-refractivity contribution in [1.29, 1.82) is 5.26 Å². The zero-order valence-electron chi connectivity index (χ0n) is 11.5. The van der Waals surface area contributed by atoms with E-state index < -0.39 is 0 Å². The molecule has 2 heterocycles. The van der Waals surface area contributed by atoms with E-state index in [1.807, 2.05) is 0 Å². The molecule has 8 heteroatoms. The van der Waals surface area contributed by atoms with Crippen LogP contribution in [-0.4, -0.2) is 53.0 Å². The van der Waals surface area contributed by atoms with Gasteiger partial charge in [-0.15, -0.1) is 0 Å². The Labute approximate surface area is 128 Å². The third-order valence-electron chi connectivity index (χ3n) is 3.20. The van der Waals surface area contributed by atoms with E-state index in [1.165, 1.54) is 0 Å². The number of nitriles is 1. The van der Waals surface area contributed by atoms with Gasteiger partial charge < -0.3 is 15.5 Å². The molecule has 112 valence electrons. The molecule has 2 rings (SSSR count). The van der Waals surface area contributed by atoms with Crippen LogP contribution in [0.5, 0.6) is 0 Å². The van der Waals surface area contributed by atoms with Gasteiger partial charge in [-0.2, -0.15) is 5.26 Å².